The standard InChI is InChI=1S/C13H15NO/c1-10(9-15)6-11-7-12-4-2-3-5-13(12)14-8-11/h2-5,7-8,10,15H,6,9H2,1H3. The van der Waals surface area contributed by atoms with Gasteiger partial charge in [-0.05, 0) is 30.0 Å². The summed E-state index contributed by atoms with van der Waals surface area (Å²) in [7, 11) is 0. The topological polar surface area (TPSA) is 33.1 Å². The Morgan fingerprint density at radius 2 is 2.13 bits per heavy atom. The number of aliphatic hydroxyl groups is 1. The van der Waals surface area contributed by atoms with E-state index >= 15 is 0 Å². The van der Waals surface area contributed by atoms with Gasteiger partial charge in [0.05, 0.1) is 5.52 Å². The molecule has 1 atom stereocenters. The highest BCUT2D eigenvalue weighted by Crippen LogP contribution is 2.15. The van der Waals surface area contributed by atoms with Gasteiger partial charge in [0.25, 0.3) is 0 Å². The minimum Gasteiger partial charge on any atom is -0.396 e. The maximum Gasteiger partial charge on any atom is 0.0702 e. The molecule has 0 aliphatic heterocycles. The molecule has 0 saturated heterocycles. The molecule has 1 unspecified atom stereocenters. The van der Waals surface area contributed by atoms with Crippen LogP contribution < -0.4 is 0 Å². The molecule has 0 radical (unpaired) electrons. The number of hydrogen-bond donors (Lipinski definition) is 1. The van der Waals surface area contributed by atoms with Crippen molar-refractivity contribution >= 4 is 10.9 Å². The fraction of sp³-hybridized carbons (Fsp3) is 0.308. The van der Waals surface area contributed by atoms with E-state index in [1.54, 1.807) is 0 Å². The third-order valence-electron chi connectivity index (χ3n) is 2.54. The first kappa shape index (κ1) is 10.1. The van der Waals surface area contributed by atoms with Crippen molar-refractivity contribution in [1.29, 1.82) is 0 Å². The van der Waals surface area contributed by atoms with Crippen molar-refractivity contribution in [2.45, 2.75) is 13.3 Å². The van der Waals surface area contributed by atoms with Crippen LogP contribution >= 0.6 is 0 Å². The quantitative estimate of drug-likeness (QED) is 0.827. The third-order valence-corrected chi connectivity index (χ3v) is 2.54. The van der Waals surface area contributed by atoms with Gasteiger partial charge in [-0.3, -0.25) is 4.98 Å². The molecule has 15 heavy (non-hydrogen) atoms. The highest BCUT2D eigenvalue weighted by Gasteiger charge is 2.03. The van der Waals surface area contributed by atoms with Gasteiger partial charge in [0.2, 0.25) is 0 Å². The number of aliphatic hydroxyl groups excluding tert-OH is 1. The van der Waals surface area contributed by atoms with Gasteiger partial charge in [0, 0.05) is 18.2 Å². The van der Waals surface area contributed by atoms with Gasteiger partial charge in [-0.15, -0.1) is 0 Å². The largest absolute Gasteiger partial charge is 0.396 e. The Bertz CT molecular complexity index is 453. The number of para-hydroxylation sites is 1. The SMILES string of the molecule is CC(CO)Cc1cnc2ccccc2c1. The van der Waals surface area contributed by atoms with E-state index in [0.717, 1.165) is 11.9 Å². The molecule has 0 spiro atoms. The van der Waals surface area contributed by atoms with Crippen LogP contribution in [0.1, 0.15) is 12.5 Å². The lowest BCUT2D eigenvalue weighted by atomic mass is 10.0. The van der Waals surface area contributed by atoms with E-state index in [4.69, 9.17) is 5.11 Å². The number of nitrogens with zero attached hydrogens (tertiary/aromatic N) is 1. The maximum absolute atomic E-state index is 8.99. The van der Waals surface area contributed by atoms with Gasteiger partial charge in [-0.2, -0.15) is 0 Å². The van der Waals surface area contributed by atoms with Crippen LogP contribution in [0.3, 0.4) is 0 Å². The molecule has 1 aromatic heterocycles. The lowest BCUT2D eigenvalue weighted by Crippen LogP contribution is -2.04. The average molecular weight is 201 g/mol. The van der Waals surface area contributed by atoms with Gasteiger partial charge in [0.1, 0.15) is 0 Å². The highest BCUT2D eigenvalue weighted by molar-refractivity contribution is 5.78. The van der Waals surface area contributed by atoms with Crippen LogP contribution in [-0.4, -0.2) is 16.7 Å². The molecule has 2 heteroatoms. The van der Waals surface area contributed by atoms with Crippen LogP contribution in [0, 0.1) is 5.92 Å². The first-order valence-electron chi connectivity index (χ1n) is 5.24. The maximum atomic E-state index is 8.99. The molecule has 2 rings (SSSR count). The smallest absolute Gasteiger partial charge is 0.0702 e. The first-order chi connectivity index (χ1) is 7.29. The molecule has 0 saturated carbocycles. The van der Waals surface area contributed by atoms with Crippen molar-refractivity contribution in [3.8, 4) is 0 Å². The average Bonchev–Trinajstić information content (AvgIpc) is 2.29. The Balaban J connectivity index is 2.30. The Hall–Kier alpha value is -1.41. The zero-order valence-electron chi connectivity index (χ0n) is 8.85. The van der Waals surface area contributed by atoms with Gasteiger partial charge >= 0.3 is 0 Å². The van der Waals surface area contributed by atoms with Crippen LogP contribution in [0.5, 0.6) is 0 Å². The number of rotatable bonds is 3. The van der Waals surface area contributed by atoms with Crippen molar-refractivity contribution in [3.63, 3.8) is 0 Å². The van der Waals surface area contributed by atoms with Gasteiger partial charge in [0.15, 0.2) is 0 Å². The Kier molecular flexibility index (Phi) is 2.97. The number of pyridine rings is 1. The van der Waals surface area contributed by atoms with Crippen molar-refractivity contribution in [1.82, 2.24) is 4.98 Å². The summed E-state index contributed by atoms with van der Waals surface area (Å²) >= 11 is 0. The summed E-state index contributed by atoms with van der Waals surface area (Å²) in [6.45, 7) is 2.27. The summed E-state index contributed by atoms with van der Waals surface area (Å²) in [6, 6.07) is 10.2. The number of aromatic nitrogens is 1. The zero-order valence-corrected chi connectivity index (χ0v) is 8.85. The van der Waals surface area contributed by atoms with E-state index in [-0.39, 0.29) is 6.61 Å². The summed E-state index contributed by atoms with van der Waals surface area (Å²) in [5, 5.41) is 10.2. The second-order valence-corrected chi connectivity index (χ2v) is 4.03. The molecular formula is C13H15NO. The van der Waals surface area contributed by atoms with Gasteiger partial charge in [-0.25, -0.2) is 0 Å². The number of hydrogen-bond acceptors (Lipinski definition) is 2. The Labute approximate surface area is 89.6 Å². The molecule has 1 aromatic carbocycles. The van der Waals surface area contributed by atoms with Crippen molar-refractivity contribution in [2.75, 3.05) is 6.61 Å². The normalized spacial score (nSPS) is 12.9. The third kappa shape index (κ3) is 2.34. The van der Waals surface area contributed by atoms with Crippen LogP contribution in [0.2, 0.25) is 0 Å². The summed E-state index contributed by atoms with van der Waals surface area (Å²) in [5.41, 5.74) is 2.22. The Morgan fingerprint density at radius 1 is 1.33 bits per heavy atom. The van der Waals surface area contributed by atoms with E-state index in [1.165, 1.54) is 10.9 Å². The van der Waals surface area contributed by atoms with E-state index in [0.29, 0.717) is 5.92 Å². The summed E-state index contributed by atoms with van der Waals surface area (Å²) in [4.78, 5) is 4.39. The lowest BCUT2D eigenvalue weighted by Gasteiger charge is -2.07. The molecule has 0 aliphatic rings. The van der Waals surface area contributed by atoms with Crippen LogP contribution in [0.15, 0.2) is 36.5 Å². The van der Waals surface area contributed by atoms with Gasteiger partial charge in [-0.1, -0.05) is 25.1 Å². The summed E-state index contributed by atoms with van der Waals surface area (Å²) in [5.74, 6) is 0.299. The van der Waals surface area contributed by atoms with Crippen molar-refractivity contribution in [3.05, 3.63) is 42.1 Å². The predicted octanol–water partition coefficient (Wildman–Crippen LogP) is 2.41. The second-order valence-electron chi connectivity index (χ2n) is 4.03. The van der Waals surface area contributed by atoms with Gasteiger partial charge < -0.3 is 5.11 Å². The Morgan fingerprint density at radius 3 is 2.93 bits per heavy atom. The zero-order chi connectivity index (χ0) is 10.7. The van der Waals surface area contributed by atoms with E-state index in [2.05, 4.69) is 17.1 Å². The molecule has 1 heterocycles. The van der Waals surface area contributed by atoms with Crippen molar-refractivity contribution in [2.24, 2.45) is 5.92 Å². The molecule has 0 fully saturated rings. The predicted molar refractivity (Wildman–Crippen MR) is 61.7 cm³/mol. The minimum absolute atomic E-state index is 0.229. The van der Waals surface area contributed by atoms with Crippen LogP contribution in [0.4, 0.5) is 0 Å². The molecular weight excluding hydrogens is 186 g/mol. The van der Waals surface area contributed by atoms with Crippen LogP contribution in [0.25, 0.3) is 10.9 Å². The molecule has 0 bridgehead atoms. The van der Waals surface area contributed by atoms with E-state index < -0.39 is 0 Å². The molecule has 1 N–H and O–H groups in total. The first-order valence-corrected chi connectivity index (χ1v) is 5.24. The van der Waals surface area contributed by atoms with E-state index in [1.807, 2.05) is 31.3 Å². The lowest BCUT2D eigenvalue weighted by molar-refractivity contribution is 0.237. The minimum atomic E-state index is 0.229. The van der Waals surface area contributed by atoms with E-state index in [9.17, 15) is 0 Å². The fourth-order valence-corrected chi connectivity index (χ4v) is 1.70. The molecule has 2 nitrogen and oxygen atoms in total. The summed E-state index contributed by atoms with van der Waals surface area (Å²) in [6.07, 6.45) is 2.78. The summed E-state index contributed by atoms with van der Waals surface area (Å²) < 4.78 is 0. The van der Waals surface area contributed by atoms with Crippen molar-refractivity contribution < 1.29 is 5.11 Å². The number of benzene rings is 1. The fourth-order valence-electron chi connectivity index (χ4n) is 1.70. The molecule has 0 amide bonds. The number of fused-ring (bicyclic) bond motifs is 1. The molecule has 0 aliphatic carbocycles. The molecule has 2 aromatic rings. The molecule has 78 valence electrons. The monoisotopic (exact) mass is 201 g/mol. The highest BCUT2D eigenvalue weighted by atomic mass is 16.3. The van der Waals surface area contributed by atoms with Crippen LogP contribution in [-0.2, 0) is 6.42 Å². The second kappa shape index (κ2) is 4.41.